The SMILES string of the molecule is CC(=O)OCC(=O)[C@@H](OC(C)=O)[C@H](OC(C)=O)[C@H](OC(C)=O)C(/C=N\Nc1nnc(CN2C(=O)NC(=O)C2(c2ccccc2)c2ccccc2)o1)OC(C)=O. The number of rotatable bonds is 17. The molecular weight excluding hydrogens is 728 g/mol. The molecule has 1 aliphatic heterocycles. The summed E-state index contributed by atoms with van der Waals surface area (Å²) in [6, 6.07) is 16.1. The van der Waals surface area contributed by atoms with Gasteiger partial charge in [0.2, 0.25) is 17.8 Å². The number of nitrogens with zero attached hydrogens (tertiary/aromatic N) is 4. The summed E-state index contributed by atoms with van der Waals surface area (Å²) >= 11 is 0. The van der Waals surface area contributed by atoms with Crippen molar-refractivity contribution < 1.29 is 66.5 Å². The fourth-order valence-electron chi connectivity index (χ4n) is 5.61. The van der Waals surface area contributed by atoms with Gasteiger partial charge in [0.05, 0.1) is 6.21 Å². The fourth-order valence-corrected chi connectivity index (χ4v) is 5.61. The highest BCUT2D eigenvalue weighted by atomic mass is 16.6. The monoisotopic (exact) mass is 764 g/mol. The summed E-state index contributed by atoms with van der Waals surface area (Å²) in [5, 5.41) is 14.1. The van der Waals surface area contributed by atoms with E-state index < -0.39 is 84.1 Å². The molecule has 55 heavy (non-hydrogen) atoms. The van der Waals surface area contributed by atoms with Crippen LogP contribution in [0.3, 0.4) is 0 Å². The number of imide groups is 1. The van der Waals surface area contributed by atoms with Gasteiger partial charge in [-0.3, -0.25) is 43.8 Å². The topological polar surface area (TPSA) is 261 Å². The lowest BCUT2D eigenvalue weighted by Crippen LogP contribution is -2.55. The average Bonchev–Trinajstić information content (AvgIpc) is 3.68. The fraction of sp³-hybridized carbons (Fsp3) is 0.343. The number of carbonyl (C=O) groups excluding carboxylic acids is 8. The van der Waals surface area contributed by atoms with E-state index in [0.29, 0.717) is 11.1 Å². The van der Waals surface area contributed by atoms with Crippen LogP contribution in [0.4, 0.5) is 10.8 Å². The number of ether oxygens (including phenoxy) is 5. The summed E-state index contributed by atoms with van der Waals surface area (Å²) in [7, 11) is 0. The molecule has 3 aromatic rings. The number of amides is 3. The number of nitrogens with one attached hydrogen (secondary N) is 2. The first kappa shape index (κ1) is 40.8. The van der Waals surface area contributed by atoms with E-state index in [0.717, 1.165) is 40.8 Å². The van der Waals surface area contributed by atoms with Crippen molar-refractivity contribution in [1.82, 2.24) is 20.4 Å². The zero-order chi connectivity index (χ0) is 40.3. The third-order valence-corrected chi connectivity index (χ3v) is 7.60. The van der Waals surface area contributed by atoms with Crippen LogP contribution in [0.1, 0.15) is 51.6 Å². The number of benzene rings is 2. The summed E-state index contributed by atoms with van der Waals surface area (Å²) in [6.45, 7) is 3.54. The van der Waals surface area contributed by atoms with E-state index in [1.54, 1.807) is 60.7 Å². The second kappa shape index (κ2) is 18.2. The Hall–Kier alpha value is -6.99. The summed E-state index contributed by atoms with van der Waals surface area (Å²) in [4.78, 5) is 101. The van der Waals surface area contributed by atoms with Crippen LogP contribution < -0.4 is 10.7 Å². The van der Waals surface area contributed by atoms with Crippen molar-refractivity contribution >= 4 is 59.8 Å². The minimum absolute atomic E-state index is 0.140. The Balaban J connectivity index is 1.64. The number of ketones is 1. The quantitative estimate of drug-likeness (QED) is 0.0645. The van der Waals surface area contributed by atoms with Gasteiger partial charge in [-0.05, 0) is 11.1 Å². The van der Waals surface area contributed by atoms with Crippen molar-refractivity contribution in [2.24, 2.45) is 5.10 Å². The van der Waals surface area contributed by atoms with E-state index in [-0.39, 0.29) is 18.5 Å². The van der Waals surface area contributed by atoms with E-state index in [9.17, 15) is 38.4 Å². The third kappa shape index (κ3) is 10.1. The number of anilines is 1. The smallest absolute Gasteiger partial charge is 0.336 e. The third-order valence-electron chi connectivity index (χ3n) is 7.60. The Morgan fingerprint density at radius 2 is 1.33 bits per heavy atom. The summed E-state index contributed by atoms with van der Waals surface area (Å²) in [6.07, 6.45) is -6.79. The molecule has 0 bridgehead atoms. The lowest BCUT2D eigenvalue weighted by molar-refractivity contribution is -0.194. The summed E-state index contributed by atoms with van der Waals surface area (Å²) < 4.78 is 31.4. The summed E-state index contributed by atoms with van der Waals surface area (Å²) in [5.41, 5.74) is 1.77. The molecule has 20 nitrogen and oxygen atoms in total. The minimum Gasteiger partial charge on any atom is -0.458 e. The Morgan fingerprint density at radius 3 is 1.85 bits per heavy atom. The van der Waals surface area contributed by atoms with Crippen LogP contribution in [0, 0.1) is 0 Å². The van der Waals surface area contributed by atoms with E-state index >= 15 is 0 Å². The highest BCUT2D eigenvalue weighted by Gasteiger charge is 2.56. The number of hydrogen-bond donors (Lipinski definition) is 2. The number of hydrogen-bond acceptors (Lipinski definition) is 18. The van der Waals surface area contributed by atoms with Crippen LogP contribution >= 0.6 is 0 Å². The van der Waals surface area contributed by atoms with E-state index in [1.807, 2.05) is 0 Å². The molecule has 2 aromatic carbocycles. The zero-order valence-corrected chi connectivity index (χ0v) is 30.1. The lowest BCUT2D eigenvalue weighted by Gasteiger charge is -2.35. The van der Waals surface area contributed by atoms with Gasteiger partial charge in [0.25, 0.3) is 5.91 Å². The molecule has 290 valence electrons. The highest BCUT2D eigenvalue weighted by Crippen LogP contribution is 2.40. The van der Waals surface area contributed by atoms with Gasteiger partial charge in [-0.15, -0.1) is 5.10 Å². The molecule has 2 N–H and O–H groups in total. The van der Waals surface area contributed by atoms with Crippen molar-refractivity contribution in [3.63, 3.8) is 0 Å². The van der Waals surface area contributed by atoms with E-state index in [4.69, 9.17) is 28.1 Å². The van der Waals surface area contributed by atoms with Crippen LogP contribution in [0.25, 0.3) is 0 Å². The van der Waals surface area contributed by atoms with Gasteiger partial charge < -0.3 is 28.1 Å². The normalized spacial score (nSPS) is 15.5. The molecule has 0 saturated carbocycles. The number of esters is 5. The van der Waals surface area contributed by atoms with Crippen LogP contribution in [-0.2, 0) is 69.3 Å². The van der Waals surface area contributed by atoms with Gasteiger partial charge in [0.15, 0.2) is 30.5 Å². The Kier molecular flexibility index (Phi) is 13.5. The van der Waals surface area contributed by atoms with E-state index in [1.165, 1.54) is 4.90 Å². The molecular formula is C35H36N6O14. The van der Waals surface area contributed by atoms with Crippen LogP contribution in [0.2, 0.25) is 0 Å². The molecule has 1 aromatic heterocycles. The van der Waals surface area contributed by atoms with Gasteiger partial charge in [0, 0.05) is 34.6 Å². The maximum Gasteiger partial charge on any atom is 0.336 e. The van der Waals surface area contributed by atoms with Crippen molar-refractivity contribution in [1.29, 1.82) is 0 Å². The largest absolute Gasteiger partial charge is 0.458 e. The Labute approximate surface area is 312 Å². The highest BCUT2D eigenvalue weighted by molar-refractivity contribution is 6.09. The molecule has 0 aliphatic carbocycles. The van der Waals surface area contributed by atoms with Gasteiger partial charge in [-0.1, -0.05) is 65.8 Å². The number of urea groups is 1. The molecule has 1 fully saturated rings. The van der Waals surface area contributed by atoms with Crippen molar-refractivity contribution in [2.45, 2.75) is 71.1 Å². The molecule has 1 aliphatic rings. The first-order chi connectivity index (χ1) is 26.1. The zero-order valence-electron chi connectivity index (χ0n) is 30.1. The van der Waals surface area contributed by atoms with Crippen LogP contribution in [-0.4, -0.2) is 99.9 Å². The number of Topliss-reactive ketones (excluding diaryl/α,β-unsaturated/α-hetero) is 1. The molecule has 4 atom stereocenters. The maximum atomic E-state index is 13.6. The standard InChI is InChI=1S/C35H36N6O14/c1-19(42)50-18-26(47)29(52-21(3)44)31(54-23(5)46)30(53-22(4)45)27(51-20(2)43)16-36-39-33-40-38-28(55-33)17-41-34(49)37-32(48)35(41,24-12-8-6-9-13-24)25-14-10-7-11-15-25/h6-16,27,29-31H,17-18H2,1-5H3,(H,39,40)(H,37,48,49)/b36-16-/t27?,29-,30-,31+/m1/s1. The average molecular weight is 765 g/mol. The van der Waals surface area contributed by atoms with Crippen molar-refractivity contribution in [2.75, 3.05) is 12.0 Å². The van der Waals surface area contributed by atoms with Crippen molar-refractivity contribution in [3.8, 4) is 0 Å². The van der Waals surface area contributed by atoms with Crippen molar-refractivity contribution in [3.05, 3.63) is 77.7 Å². The molecule has 20 heteroatoms. The summed E-state index contributed by atoms with van der Waals surface area (Å²) in [5.74, 6) is -6.73. The molecule has 2 heterocycles. The first-order valence-electron chi connectivity index (χ1n) is 16.3. The Morgan fingerprint density at radius 1 is 0.782 bits per heavy atom. The number of aromatic nitrogens is 2. The predicted molar refractivity (Wildman–Crippen MR) is 183 cm³/mol. The molecule has 4 rings (SSSR count). The van der Waals surface area contributed by atoms with Crippen LogP contribution in [0.5, 0.6) is 0 Å². The molecule has 1 saturated heterocycles. The van der Waals surface area contributed by atoms with Gasteiger partial charge in [0.1, 0.15) is 6.54 Å². The maximum absolute atomic E-state index is 13.6. The molecule has 1 unspecified atom stereocenters. The minimum atomic E-state index is -2.03. The van der Waals surface area contributed by atoms with Crippen LogP contribution in [0.15, 0.2) is 70.2 Å². The number of hydrazone groups is 1. The first-order valence-corrected chi connectivity index (χ1v) is 16.3. The Bertz CT molecular complexity index is 1910. The predicted octanol–water partition coefficient (Wildman–Crippen LogP) is 1.32. The molecule has 3 amide bonds. The molecule has 0 spiro atoms. The second-order valence-electron chi connectivity index (χ2n) is 11.7. The molecule has 0 radical (unpaired) electrons. The lowest BCUT2D eigenvalue weighted by atomic mass is 9.81. The van der Waals surface area contributed by atoms with E-state index in [2.05, 4.69) is 26.0 Å². The number of carbonyl (C=O) groups is 8. The van der Waals surface area contributed by atoms with Gasteiger partial charge in [-0.25, -0.2) is 10.2 Å². The van der Waals surface area contributed by atoms with Gasteiger partial charge in [-0.2, -0.15) is 5.10 Å². The van der Waals surface area contributed by atoms with Gasteiger partial charge >= 0.3 is 41.9 Å². The second-order valence-corrected chi connectivity index (χ2v) is 11.7.